The van der Waals surface area contributed by atoms with Gasteiger partial charge in [0.2, 0.25) is 0 Å². The minimum absolute atomic E-state index is 0.143. The second-order valence-electron chi connectivity index (χ2n) is 4.02. The van der Waals surface area contributed by atoms with Gasteiger partial charge in [-0.3, -0.25) is 0 Å². The Kier molecular flexibility index (Phi) is 14.1. The van der Waals surface area contributed by atoms with E-state index in [1.54, 1.807) is 14.2 Å². The van der Waals surface area contributed by atoms with Gasteiger partial charge in [0.15, 0.2) is 0 Å². The number of hydrogen-bond acceptors (Lipinski definition) is 6. The molecule has 0 aliphatic carbocycles. The molecule has 0 aromatic heterocycles. The predicted molar refractivity (Wildman–Crippen MR) is 78.6 cm³/mol. The van der Waals surface area contributed by atoms with Crippen LogP contribution in [0.25, 0.3) is 0 Å². The first kappa shape index (κ1) is 19.3. The molecular formula is C13H26O6Si. The molecule has 7 heteroatoms. The summed E-state index contributed by atoms with van der Waals surface area (Å²) in [7, 11) is 2.71. The van der Waals surface area contributed by atoms with Crippen molar-refractivity contribution < 1.29 is 28.5 Å². The van der Waals surface area contributed by atoms with Crippen LogP contribution in [-0.2, 0) is 28.5 Å². The van der Waals surface area contributed by atoms with Crippen molar-refractivity contribution in [3.05, 3.63) is 12.7 Å². The molecule has 20 heavy (non-hydrogen) atoms. The Hall–Kier alpha value is -0.733. The average Bonchev–Trinajstić information content (AvgIpc) is 2.46. The van der Waals surface area contributed by atoms with Gasteiger partial charge in [-0.15, -0.1) is 0 Å². The average molecular weight is 306 g/mol. The lowest BCUT2D eigenvalue weighted by atomic mass is 10.5. The number of hydrogen-bond donors (Lipinski definition) is 0. The summed E-state index contributed by atoms with van der Waals surface area (Å²) in [5.74, 6) is -0.522. The smallest absolute Gasteiger partial charge is 0.330 e. The van der Waals surface area contributed by atoms with Crippen molar-refractivity contribution in [2.75, 3.05) is 47.3 Å². The van der Waals surface area contributed by atoms with Crippen LogP contribution in [0.4, 0.5) is 0 Å². The fourth-order valence-electron chi connectivity index (χ4n) is 1.39. The first-order valence-corrected chi connectivity index (χ1v) is 8.56. The van der Waals surface area contributed by atoms with Crippen molar-refractivity contribution in [1.29, 1.82) is 0 Å². The summed E-state index contributed by atoms with van der Waals surface area (Å²) in [5, 5.41) is 0. The van der Waals surface area contributed by atoms with E-state index in [0.717, 1.165) is 12.5 Å². The predicted octanol–water partition coefficient (Wildman–Crippen LogP) is 0.302. The minimum Gasteiger partial charge on any atom is -0.463 e. The third-order valence-electron chi connectivity index (χ3n) is 2.43. The van der Waals surface area contributed by atoms with Crippen LogP contribution < -0.4 is 0 Å². The minimum atomic E-state index is -0.554. The molecule has 0 atom stereocenters. The van der Waals surface area contributed by atoms with E-state index in [1.807, 2.05) is 0 Å². The maximum atomic E-state index is 10.9. The van der Waals surface area contributed by atoms with Gasteiger partial charge in [0.1, 0.15) is 5.91 Å². The van der Waals surface area contributed by atoms with Crippen molar-refractivity contribution in [3.63, 3.8) is 0 Å². The van der Waals surface area contributed by atoms with E-state index in [4.69, 9.17) is 23.7 Å². The molecule has 0 fully saturated rings. The number of esters is 1. The van der Waals surface area contributed by atoms with Gasteiger partial charge in [-0.05, 0) is 6.42 Å². The highest BCUT2D eigenvalue weighted by molar-refractivity contribution is 6.36. The summed E-state index contributed by atoms with van der Waals surface area (Å²) in [6.45, 7) is 5.90. The summed E-state index contributed by atoms with van der Waals surface area (Å²) >= 11 is 0. The Morgan fingerprint density at radius 3 is 2.20 bits per heavy atom. The van der Waals surface area contributed by atoms with Crippen molar-refractivity contribution in [2.24, 2.45) is 0 Å². The number of carbonyl (C=O) groups excluding carboxylic acids is 1. The third kappa shape index (κ3) is 12.3. The van der Waals surface area contributed by atoms with E-state index in [-0.39, 0.29) is 11.9 Å². The van der Waals surface area contributed by atoms with Crippen LogP contribution in [0.15, 0.2) is 12.7 Å². The molecule has 0 amide bonds. The van der Waals surface area contributed by atoms with Crippen molar-refractivity contribution in [2.45, 2.75) is 18.4 Å². The van der Waals surface area contributed by atoms with Gasteiger partial charge < -0.3 is 23.7 Å². The van der Waals surface area contributed by atoms with Crippen LogP contribution in [0.1, 0.15) is 6.42 Å². The lowest BCUT2D eigenvalue weighted by Crippen LogP contribution is -2.27. The SMILES string of the molecule is C=CC(=O)OCCC[SiH2]C(OCCOC)OCCOC. The van der Waals surface area contributed by atoms with Crippen molar-refractivity contribution in [1.82, 2.24) is 0 Å². The summed E-state index contributed by atoms with van der Waals surface area (Å²) < 4.78 is 26.0. The molecule has 0 aliphatic heterocycles. The second-order valence-corrected chi connectivity index (χ2v) is 5.98. The molecule has 0 spiro atoms. The normalized spacial score (nSPS) is 11.3. The molecule has 0 aromatic rings. The number of carbonyl (C=O) groups is 1. The molecule has 6 nitrogen and oxygen atoms in total. The molecule has 0 N–H and O–H groups in total. The maximum Gasteiger partial charge on any atom is 0.330 e. The van der Waals surface area contributed by atoms with Gasteiger partial charge in [-0.25, -0.2) is 4.79 Å². The zero-order valence-electron chi connectivity index (χ0n) is 12.5. The molecule has 0 radical (unpaired) electrons. The van der Waals surface area contributed by atoms with Crippen LogP contribution >= 0.6 is 0 Å². The Bertz CT molecular complexity index is 239. The van der Waals surface area contributed by atoms with Crippen molar-refractivity contribution in [3.8, 4) is 0 Å². The largest absolute Gasteiger partial charge is 0.463 e. The highest BCUT2D eigenvalue weighted by Gasteiger charge is 2.10. The highest BCUT2D eigenvalue weighted by Crippen LogP contribution is 2.00. The van der Waals surface area contributed by atoms with Crippen LogP contribution in [0.5, 0.6) is 0 Å². The molecule has 0 bridgehead atoms. The molecule has 0 unspecified atom stereocenters. The third-order valence-corrected chi connectivity index (χ3v) is 4.28. The lowest BCUT2D eigenvalue weighted by molar-refractivity contribution is -0.137. The molecule has 0 saturated carbocycles. The standard InChI is InChI=1S/C13H26O6Si/c1-4-12(14)17-6-5-11-20-13(18-9-7-15-2)19-10-8-16-3/h4,13H,1,5-11,20H2,2-3H3. The van der Waals surface area contributed by atoms with Gasteiger partial charge in [0, 0.05) is 20.3 Å². The van der Waals surface area contributed by atoms with Gasteiger partial charge in [-0.1, -0.05) is 12.6 Å². The summed E-state index contributed by atoms with van der Waals surface area (Å²) in [4.78, 5) is 10.9. The molecule has 0 aliphatic rings. The summed E-state index contributed by atoms with van der Waals surface area (Å²) in [6, 6.07) is 0.981. The second kappa shape index (κ2) is 14.7. The quantitative estimate of drug-likeness (QED) is 0.151. The molecular weight excluding hydrogens is 280 g/mol. The Morgan fingerprint density at radius 2 is 1.70 bits per heavy atom. The monoisotopic (exact) mass is 306 g/mol. The van der Waals surface area contributed by atoms with Gasteiger partial charge in [-0.2, -0.15) is 0 Å². The first-order valence-electron chi connectivity index (χ1n) is 6.74. The lowest BCUT2D eigenvalue weighted by Gasteiger charge is -2.18. The maximum absolute atomic E-state index is 10.9. The van der Waals surface area contributed by atoms with E-state index >= 15 is 0 Å². The van der Waals surface area contributed by atoms with Crippen LogP contribution in [0.3, 0.4) is 0 Å². The van der Waals surface area contributed by atoms with E-state index in [2.05, 4.69) is 6.58 Å². The Balaban J connectivity index is 3.71. The molecule has 0 heterocycles. The van der Waals surface area contributed by atoms with Gasteiger partial charge >= 0.3 is 5.97 Å². The first-order chi connectivity index (χ1) is 9.74. The summed E-state index contributed by atoms with van der Waals surface area (Å²) in [5.41, 5.74) is 0. The van der Waals surface area contributed by atoms with Gasteiger partial charge in [0.05, 0.1) is 42.6 Å². The molecule has 118 valence electrons. The Labute approximate surface area is 123 Å². The van der Waals surface area contributed by atoms with E-state index in [9.17, 15) is 4.79 Å². The van der Waals surface area contributed by atoms with E-state index in [1.165, 1.54) is 6.08 Å². The van der Waals surface area contributed by atoms with Crippen molar-refractivity contribution >= 4 is 15.5 Å². The fraction of sp³-hybridized carbons (Fsp3) is 0.769. The van der Waals surface area contributed by atoms with Crippen LogP contribution in [0.2, 0.25) is 6.04 Å². The van der Waals surface area contributed by atoms with Crippen LogP contribution in [0, 0.1) is 0 Å². The van der Waals surface area contributed by atoms with Crippen LogP contribution in [-0.4, -0.2) is 68.7 Å². The van der Waals surface area contributed by atoms with Gasteiger partial charge in [0.25, 0.3) is 0 Å². The number of rotatable bonds is 14. The topological polar surface area (TPSA) is 63.2 Å². The summed E-state index contributed by atoms with van der Waals surface area (Å²) in [6.07, 6.45) is 1.99. The number of methoxy groups -OCH3 is 2. The molecule has 0 aromatic carbocycles. The van der Waals surface area contributed by atoms with E-state index in [0.29, 0.717) is 33.0 Å². The van der Waals surface area contributed by atoms with E-state index < -0.39 is 9.52 Å². The highest BCUT2D eigenvalue weighted by atomic mass is 28.2. The Morgan fingerprint density at radius 1 is 1.10 bits per heavy atom. The fourth-order valence-corrected chi connectivity index (χ4v) is 2.88. The zero-order valence-corrected chi connectivity index (χ0v) is 13.9. The molecule has 0 rings (SSSR count). The molecule has 0 saturated heterocycles. The zero-order chi connectivity index (χ0) is 15.1. The number of ether oxygens (including phenoxy) is 5.